The van der Waals surface area contributed by atoms with Gasteiger partial charge in [0, 0.05) is 0 Å². The van der Waals surface area contributed by atoms with Crippen LogP contribution in [0, 0.1) is 0 Å². The van der Waals surface area contributed by atoms with Crippen molar-refractivity contribution in [2.24, 2.45) is 0 Å². The largest absolute Gasteiger partial charge is 0.388 e. The van der Waals surface area contributed by atoms with Crippen molar-refractivity contribution in [1.29, 1.82) is 0 Å². The molecule has 0 unspecified atom stereocenters. The van der Waals surface area contributed by atoms with Crippen molar-refractivity contribution in [3.05, 3.63) is 12.7 Å². The van der Waals surface area contributed by atoms with Crippen molar-refractivity contribution >= 4 is 32.2 Å². The van der Waals surface area contributed by atoms with Crippen LogP contribution >= 0.6 is 15.2 Å². The van der Waals surface area contributed by atoms with E-state index in [1.165, 1.54) is 12.7 Å². The fourth-order valence-corrected chi connectivity index (χ4v) is 7.20. The van der Waals surface area contributed by atoms with Gasteiger partial charge in [-0.25, -0.2) is 15.0 Å². The number of hydrogen-bond donors (Lipinski definition) is 2. The Morgan fingerprint density at radius 1 is 0.795 bits per heavy atom. The van der Waals surface area contributed by atoms with Gasteiger partial charge in [0.2, 0.25) is 0 Å². The molecule has 14 nitrogen and oxygen atoms in total. The van der Waals surface area contributed by atoms with Gasteiger partial charge < -0.3 is 43.0 Å². The molecule has 0 bridgehead atoms. The Kier molecular flexibility index (Phi) is 12.9. The number of imidazole rings is 1. The van der Waals surface area contributed by atoms with E-state index in [1.54, 1.807) is 60.0 Å². The number of nitrogens with zero attached hydrogens (tertiary/aromatic N) is 4. The van der Waals surface area contributed by atoms with Crippen molar-refractivity contribution in [2.45, 2.75) is 92.0 Å². The van der Waals surface area contributed by atoms with Gasteiger partial charge in [0.05, 0.1) is 50.0 Å². The molecular weight excluding hydrogens is 552 g/mol. The van der Waals surface area contributed by atoms with Gasteiger partial charge in [-0.15, -0.1) is 0 Å². The zero-order valence-corrected chi connectivity index (χ0v) is 25.7. The molecule has 2 aromatic heterocycles. The Balaban J connectivity index is 2.23. The van der Waals surface area contributed by atoms with E-state index < -0.39 is 27.3 Å². The first-order valence-electron chi connectivity index (χ1n) is 12.8. The van der Waals surface area contributed by atoms with E-state index >= 15 is 0 Å². The van der Waals surface area contributed by atoms with Crippen molar-refractivity contribution in [2.75, 3.05) is 31.6 Å². The van der Waals surface area contributed by atoms with E-state index in [4.69, 9.17) is 33.3 Å². The third kappa shape index (κ3) is 10.8. The number of anilines is 1. The van der Waals surface area contributed by atoms with E-state index in [1.807, 2.05) is 0 Å². The zero-order chi connectivity index (χ0) is 29.4. The molecule has 0 aromatic carbocycles. The van der Waals surface area contributed by atoms with Gasteiger partial charge in [-0.05, 0) is 55.4 Å². The Morgan fingerprint density at radius 2 is 1.26 bits per heavy atom. The van der Waals surface area contributed by atoms with Crippen LogP contribution in [0.1, 0.15) is 61.4 Å². The van der Waals surface area contributed by atoms with Gasteiger partial charge in [0.1, 0.15) is 30.6 Å². The lowest BCUT2D eigenvalue weighted by atomic mass is 10.2. The van der Waals surface area contributed by atoms with Gasteiger partial charge in [-0.3, -0.25) is 9.13 Å². The highest BCUT2D eigenvalue weighted by molar-refractivity contribution is 7.53. The second-order valence-corrected chi connectivity index (χ2v) is 13.9. The van der Waals surface area contributed by atoms with Crippen LogP contribution in [0.5, 0.6) is 0 Å². The average Bonchev–Trinajstić information content (AvgIpc) is 3.19. The quantitative estimate of drug-likeness (QED) is 0.233. The molecule has 39 heavy (non-hydrogen) atoms. The molecule has 2 atom stereocenters. The minimum atomic E-state index is -3.60. The molecule has 0 saturated heterocycles. The number of rotatable bonds is 18. The molecule has 0 amide bonds. The lowest BCUT2D eigenvalue weighted by Gasteiger charge is -2.27. The monoisotopic (exact) mass is 595 g/mol. The Hall–Kier alpha value is -1.47. The highest BCUT2D eigenvalue weighted by Crippen LogP contribution is 2.51. The molecule has 2 rings (SSSR count). The summed E-state index contributed by atoms with van der Waals surface area (Å²) in [5.74, 6) is 0.168. The summed E-state index contributed by atoms with van der Waals surface area (Å²) < 4.78 is 61.4. The van der Waals surface area contributed by atoms with E-state index in [-0.39, 0.29) is 56.1 Å². The summed E-state index contributed by atoms with van der Waals surface area (Å²) in [6, 6.07) is -0.827. The Bertz CT molecular complexity index is 1100. The van der Waals surface area contributed by atoms with Gasteiger partial charge in [0.25, 0.3) is 0 Å². The molecule has 2 heterocycles. The van der Waals surface area contributed by atoms with Gasteiger partial charge in [0.15, 0.2) is 11.5 Å². The van der Waals surface area contributed by atoms with Crippen LogP contribution in [-0.4, -0.2) is 81.1 Å². The predicted octanol–water partition coefficient (Wildman–Crippen LogP) is 4.34. The Morgan fingerprint density at radius 3 is 1.72 bits per heavy atom. The standard InChI is InChI=1S/C23H43N5O9P2/c1-15(2)34-38(30,35-16(3)4)13-32-9-19(28-12-27-21-22(24)25-11-26-23(21)28)20(29)10-33-14-39(31,36-17(5)6)37-18(7)8/h11-12,15-20,29H,9-10,13-14H2,1-8H3,(H2,24,25,26)/t19-,20+/m0/s1. The van der Waals surface area contributed by atoms with Crippen LogP contribution in [0.25, 0.3) is 11.2 Å². The molecule has 16 heteroatoms. The van der Waals surface area contributed by atoms with Gasteiger partial charge in [-0.1, -0.05) is 0 Å². The molecular formula is C23H43N5O9P2. The van der Waals surface area contributed by atoms with Gasteiger partial charge in [-0.2, -0.15) is 0 Å². The molecule has 0 radical (unpaired) electrons. The van der Waals surface area contributed by atoms with Crippen LogP contribution in [-0.2, 0) is 36.7 Å². The van der Waals surface area contributed by atoms with E-state index in [0.29, 0.717) is 11.2 Å². The fraction of sp³-hybridized carbons (Fsp3) is 0.783. The van der Waals surface area contributed by atoms with Crippen molar-refractivity contribution in [1.82, 2.24) is 19.5 Å². The van der Waals surface area contributed by atoms with Crippen LogP contribution in [0.2, 0.25) is 0 Å². The maximum atomic E-state index is 13.2. The molecule has 0 fully saturated rings. The third-order valence-corrected chi connectivity index (χ3v) is 8.72. The van der Waals surface area contributed by atoms with E-state index in [9.17, 15) is 14.2 Å². The molecule has 224 valence electrons. The van der Waals surface area contributed by atoms with Crippen molar-refractivity contribution < 1.29 is 41.8 Å². The van der Waals surface area contributed by atoms with E-state index in [2.05, 4.69) is 15.0 Å². The number of nitrogen functional groups attached to an aromatic ring is 1. The zero-order valence-electron chi connectivity index (χ0n) is 23.9. The summed E-state index contributed by atoms with van der Waals surface area (Å²) in [6.07, 6.45) is -0.640. The van der Waals surface area contributed by atoms with E-state index in [0.717, 1.165) is 0 Å². The number of ether oxygens (including phenoxy) is 2. The molecule has 3 N–H and O–H groups in total. The third-order valence-electron chi connectivity index (χ3n) is 4.75. The highest BCUT2D eigenvalue weighted by Gasteiger charge is 2.32. The summed E-state index contributed by atoms with van der Waals surface area (Å²) in [7, 11) is -7.18. The lowest BCUT2D eigenvalue weighted by Crippen LogP contribution is -2.32. The lowest BCUT2D eigenvalue weighted by molar-refractivity contribution is -0.0122. The molecule has 0 spiro atoms. The second-order valence-electron chi connectivity index (χ2n) is 10.1. The minimum Gasteiger partial charge on any atom is -0.388 e. The topological polar surface area (TPSA) is 179 Å². The number of hydrogen-bond acceptors (Lipinski definition) is 13. The van der Waals surface area contributed by atoms with Gasteiger partial charge >= 0.3 is 15.2 Å². The van der Waals surface area contributed by atoms with Crippen LogP contribution in [0.3, 0.4) is 0 Å². The average molecular weight is 596 g/mol. The predicted molar refractivity (Wildman–Crippen MR) is 147 cm³/mol. The Labute approximate surface area is 230 Å². The van der Waals surface area contributed by atoms with Crippen LogP contribution in [0.15, 0.2) is 12.7 Å². The highest BCUT2D eigenvalue weighted by atomic mass is 31.2. The minimum absolute atomic E-state index is 0.143. The fourth-order valence-electron chi connectivity index (χ4n) is 3.63. The maximum Gasteiger partial charge on any atom is 0.356 e. The molecule has 2 aromatic rings. The van der Waals surface area contributed by atoms with Crippen molar-refractivity contribution in [3.63, 3.8) is 0 Å². The SMILES string of the molecule is CC(C)OP(=O)(COC[C@@H](O)[C@H](COCP(=O)(OC(C)C)OC(C)C)n1cnc2c(N)ncnc21)OC(C)C. The van der Waals surface area contributed by atoms with Crippen molar-refractivity contribution in [3.8, 4) is 0 Å². The molecule has 0 saturated carbocycles. The summed E-state index contributed by atoms with van der Waals surface area (Å²) in [5.41, 5.74) is 6.62. The smallest absolute Gasteiger partial charge is 0.356 e. The number of nitrogens with two attached hydrogens (primary N) is 1. The number of aliphatic hydroxyl groups is 1. The van der Waals surface area contributed by atoms with Crippen LogP contribution < -0.4 is 5.73 Å². The summed E-state index contributed by atoms with van der Waals surface area (Å²) >= 11 is 0. The first-order chi connectivity index (χ1) is 18.1. The molecule has 0 aliphatic rings. The summed E-state index contributed by atoms with van der Waals surface area (Å²) in [5, 5.41) is 11.2. The maximum absolute atomic E-state index is 13.2. The normalized spacial score (nSPS) is 14.8. The second kappa shape index (κ2) is 15.0. The first kappa shape index (κ1) is 33.7. The van der Waals surface area contributed by atoms with Crippen LogP contribution in [0.4, 0.5) is 5.82 Å². The number of aromatic nitrogens is 4. The summed E-state index contributed by atoms with van der Waals surface area (Å²) in [6.45, 7) is 13.5. The number of aliphatic hydroxyl groups excluding tert-OH is 1. The molecule has 0 aliphatic carbocycles. The summed E-state index contributed by atoms with van der Waals surface area (Å²) in [4.78, 5) is 12.4. The molecule has 0 aliphatic heterocycles. The first-order valence-corrected chi connectivity index (χ1v) is 16.3. The number of fused-ring (bicyclic) bond motifs is 1.